The molecule has 8 heteroatoms. The second kappa shape index (κ2) is 10.9. The molecule has 0 radical (unpaired) electrons. The highest BCUT2D eigenvalue weighted by molar-refractivity contribution is 9.11. The monoisotopic (exact) mass is 522 g/mol. The number of hydrogen-bond donors (Lipinski definition) is 2. The second-order valence-electron chi connectivity index (χ2n) is 8.46. The minimum Gasteiger partial charge on any atom is -0.349 e. The number of nitrogens with zero attached hydrogens (tertiary/aromatic N) is 4. The van der Waals surface area contributed by atoms with Gasteiger partial charge in [0.15, 0.2) is 5.84 Å². The maximum absolute atomic E-state index is 12.4. The van der Waals surface area contributed by atoms with Gasteiger partial charge in [0, 0.05) is 36.7 Å². The van der Waals surface area contributed by atoms with Crippen molar-refractivity contribution >= 4 is 33.4 Å². The number of nitrogens with one attached hydrogen (secondary N) is 2. The van der Waals surface area contributed by atoms with Crippen LogP contribution in [0.25, 0.3) is 5.70 Å². The summed E-state index contributed by atoms with van der Waals surface area (Å²) in [6.07, 6.45) is 12.2. The molecule has 0 unspecified atom stereocenters. The summed E-state index contributed by atoms with van der Waals surface area (Å²) in [6.45, 7) is 4.71. The third-order valence-corrected chi connectivity index (χ3v) is 6.22. The molecule has 2 aromatic rings. The zero-order valence-corrected chi connectivity index (χ0v) is 21.5. The quantitative estimate of drug-likeness (QED) is 0.475. The molecule has 178 valence electrons. The number of amides is 1. The zero-order chi connectivity index (χ0) is 24.1. The van der Waals surface area contributed by atoms with E-state index in [1.54, 1.807) is 6.20 Å². The van der Waals surface area contributed by atoms with Crippen molar-refractivity contribution in [1.29, 1.82) is 0 Å². The Bertz CT molecular complexity index is 1150. The van der Waals surface area contributed by atoms with Crippen LogP contribution in [-0.2, 0) is 13.6 Å². The van der Waals surface area contributed by atoms with Crippen molar-refractivity contribution in [2.45, 2.75) is 52.1 Å². The number of aliphatic imine (C=N–C) groups is 1. The minimum absolute atomic E-state index is 0.00555. The average Bonchev–Trinajstić information content (AvgIpc) is 3.56. The van der Waals surface area contributed by atoms with Gasteiger partial charge in [0.25, 0.3) is 5.91 Å². The van der Waals surface area contributed by atoms with Crippen LogP contribution in [0.5, 0.6) is 0 Å². The first-order valence-electron chi connectivity index (χ1n) is 11.7. The number of hydrogen-bond acceptors (Lipinski definition) is 4. The molecule has 4 rings (SSSR count). The van der Waals surface area contributed by atoms with Crippen LogP contribution in [-0.4, -0.2) is 32.5 Å². The third kappa shape index (κ3) is 5.67. The fourth-order valence-corrected chi connectivity index (χ4v) is 4.14. The Labute approximate surface area is 209 Å². The van der Waals surface area contributed by atoms with Crippen molar-refractivity contribution in [2.24, 2.45) is 12.0 Å². The predicted octanol–water partition coefficient (Wildman–Crippen LogP) is 5.05. The largest absolute Gasteiger partial charge is 0.349 e. The molecular weight excluding hydrogens is 492 g/mol. The summed E-state index contributed by atoms with van der Waals surface area (Å²) in [5, 5.41) is 10.7. The number of aryl methyl sites for hydroxylation is 1. The number of amidine groups is 1. The van der Waals surface area contributed by atoms with Gasteiger partial charge in [0.05, 0.1) is 17.9 Å². The first-order valence-corrected chi connectivity index (χ1v) is 12.5. The molecule has 0 saturated heterocycles. The van der Waals surface area contributed by atoms with Crippen molar-refractivity contribution in [1.82, 2.24) is 25.3 Å². The van der Waals surface area contributed by atoms with E-state index < -0.39 is 0 Å². The topological polar surface area (TPSA) is 74.6 Å². The Morgan fingerprint density at radius 3 is 2.62 bits per heavy atom. The highest BCUT2D eigenvalue weighted by Crippen LogP contribution is 2.30. The molecule has 0 bridgehead atoms. The molecule has 2 heterocycles. The van der Waals surface area contributed by atoms with Gasteiger partial charge in [0.2, 0.25) is 0 Å². The van der Waals surface area contributed by atoms with Crippen LogP contribution in [0.1, 0.15) is 61.1 Å². The van der Waals surface area contributed by atoms with E-state index in [9.17, 15) is 4.79 Å². The Morgan fingerprint density at radius 2 is 2.00 bits per heavy atom. The molecule has 2 N–H and O–H groups in total. The van der Waals surface area contributed by atoms with E-state index in [2.05, 4.69) is 55.6 Å². The maximum Gasteiger partial charge on any atom is 0.251 e. The first kappa shape index (κ1) is 24.0. The molecule has 7 nitrogen and oxygen atoms in total. The van der Waals surface area contributed by atoms with Gasteiger partial charge in [0.1, 0.15) is 4.61 Å². The number of benzene rings is 1. The van der Waals surface area contributed by atoms with Gasteiger partial charge >= 0.3 is 0 Å². The van der Waals surface area contributed by atoms with Crippen LogP contribution >= 0.6 is 15.9 Å². The van der Waals surface area contributed by atoms with Crippen molar-refractivity contribution in [3.05, 3.63) is 82.0 Å². The highest BCUT2D eigenvalue weighted by atomic mass is 79.9. The van der Waals surface area contributed by atoms with Crippen molar-refractivity contribution in [2.75, 3.05) is 0 Å². The molecule has 0 spiro atoms. The van der Waals surface area contributed by atoms with Gasteiger partial charge in [-0.25, -0.2) is 0 Å². The van der Waals surface area contributed by atoms with Crippen molar-refractivity contribution in [3.8, 4) is 0 Å². The lowest BCUT2D eigenvalue weighted by Crippen LogP contribution is -2.36. The van der Waals surface area contributed by atoms with E-state index >= 15 is 0 Å². The van der Waals surface area contributed by atoms with E-state index in [0.29, 0.717) is 18.2 Å². The lowest BCUT2D eigenvalue weighted by Gasteiger charge is -2.32. The van der Waals surface area contributed by atoms with Crippen LogP contribution in [0.4, 0.5) is 0 Å². The van der Waals surface area contributed by atoms with Gasteiger partial charge in [-0.2, -0.15) is 5.10 Å². The van der Waals surface area contributed by atoms with E-state index in [-0.39, 0.29) is 5.91 Å². The first-order chi connectivity index (χ1) is 16.5. The zero-order valence-electron chi connectivity index (χ0n) is 19.9. The average molecular weight is 523 g/mol. The fraction of sp³-hybridized carbons (Fsp3) is 0.346. The summed E-state index contributed by atoms with van der Waals surface area (Å²) in [4.78, 5) is 19.4. The molecule has 34 heavy (non-hydrogen) atoms. The lowest BCUT2D eigenvalue weighted by molar-refractivity contribution is 0.0951. The number of rotatable bonds is 8. The molecule has 1 fully saturated rings. The van der Waals surface area contributed by atoms with Crippen LogP contribution in [0, 0.1) is 0 Å². The summed E-state index contributed by atoms with van der Waals surface area (Å²) in [5.74, 6) is 0.790. The highest BCUT2D eigenvalue weighted by Gasteiger charge is 2.25. The molecule has 1 aliphatic carbocycles. The third-order valence-electron chi connectivity index (χ3n) is 5.82. The van der Waals surface area contributed by atoms with Crippen LogP contribution in [0.2, 0.25) is 0 Å². The smallest absolute Gasteiger partial charge is 0.251 e. The number of carbonyl (C=O) groups excluding carboxylic acids is 1. The van der Waals surface area contributed by atoms with Crippen molar-refractivity contribution in [3.63, 3.8) is 0 Å². The summed E-state index contributed by atoms with van der Waals surface area (Å²) in [5.41, 5.74) is 4.76. The number of allylic oxidation sites excluding steroid dienone is 2. The molecule has 0 atom stereocenters. The van der Waals surface area contributed by atoms with E-state index in [1.165, 1.54) is 0 Å². The van der Waals surface area contributed by atoms with E-state index in [1.807, 2.05) is 55.2 Å². The summed E-state index contributed by atoms with van der Waals surface area (Å²) in [7, 11) is 1.92. The van der Waals surface area contributed by atoms with Crippen LogP contribution in [0.15, 0.2) is 70.2 Å². The maximum atomic E-state index is 12.4. The normalized spacial score (nSPS) is 18.8. The Morgan fingerprint density at radius 1 is 1.26 bits per heavy atom. The Hall–Kier alpha value is -3.13. The number of unbranched alkanes of at least 4 members (excludes halogenated alkanes) is 1. The lowest BCUT2D eigenvalue weighted by atomic mass is 10.1. The summed E-state index contributed by atoms with van der Waals surface area (Å²) < 4.78 is 2.66. The van der Waals surface area contributed by atoms with Gasteiger partial charge in [-0.15, -0.1) is 0 Å². The molecule has 1 aliphatic heterocycles. The standard InChI is InChI=1S/C26H31BrN6O/c1-4-6-7-23-25(28-16-21-14-15-29-32(21)3)31-24(27)17-33(23)22(5-2)18-8-10-19(11-9-18)26(34)30-20-12-13-20/h5,7-11,14-15,17,20H,4,6,12-13,16H2,1-3H3,(H,28,31)(H,30,34)/b22-5-,23-7+. The summed E-state index contributed by atoms with van der Waals surface area (Å²) in [6, 6.07) is 10.1. The molecular formula is C26H31BrN6O. The van der Waals surface area contributed by atoms with Crippen molar-refractivity contribution < 1.29 is 4.79 Å². The van der Waals surface area contributed by atoms with Crippen LogP contribution in [0.3, 0.4) is 0 Å². The second-order valence-corrected chi connectivity index (χ2v) is 9.31. The molecule has 2 aliphatic rings. The Kier molecular flexibility index (Phi) is 7.67. The van der Waals surface area contributed by atoms with Gasteiger partial charge in [-0.05, 0) is 65.9 Å². The summed E-state index contributed by atoms with van der Waals surface area (Å²) >= 11 is 3.63. The van der Waals surface area contributed by atoms with Crippen LogP contribution < -0.4 is 10.6 Å². The SMILES string of the molecule is C/C=C(/c1ccc(C(=O)NC2CC2)cc1)N1C=C(Br)NC(=NCc2ccnn2C)/C1=C\CCC. The minimum atomic E-state index is -0.00555. The molecule has 1 amide bonds. The number of aromatic nitrogens is 2. The van der Waals surface area contributed by atoms with Gasteiger partial charge < -0.3 is 15.5 Å². The number of carbonyl (C=O) groups is 1. The van der Waals surface area contributed by atoms with Gasteiger partial charge in [-0.3, -0.25) is 14.5 Å². The molecule has 1 saturated carbocycles. The fourth-order valence-electron chi connectivity index (χ4n) is 3.75. The predicted molar refractivity (Wildman–Crippen MR) is 140 cm³/mol. The molecule has 1 aromatic carbocycles. The number of halogens is 1. The van der Waals surface area contributed by atoms with Gasteiger partial charge in [-0.1, -0.05) is 37.6 Å². The van der Waals surface area contributed by atoms with E-state index in [0.717, 1.165) is 58.8 Å². The molecule has 1 aromatic heterocycles. The van der Waals surface area contributed by atoms with E-state index in [4.69, 9.17) is 4.99 Å². The Balaban J connectivity index is 1.63.